The lowest BCUT2D eigenvalue weighted by Crippen LogP contribution is -2.18. The van der Waals surface area contributed by atoms with Crippen molar-refractivity contribution in [3.05, 3.63) is 88.9 Å². The average molecular weight is 382 g/mol. The number of carbonyl (C=O) groups is 2. The van der Waals surface area contributed by atoms with E-state index in [1.807, 2.05) is 36.4 Å². The van der Waals surface area contributed by atoms with Gasteiger partial charge in [-0.15, -0.1) is 0 Å². The maximum Gasteiger partial charge on any atom is 0.274 e. The number of hydrogen-bond donors (Lipinski definition) is 2. The first-order valence-electron chi connectivity index (χ1n) is 8.13. The maximum absolute atomic E-state index is 12.3. The van der Waals surface area contributed by atoms with E-state index in [1.165, 1.54) is 12.1 Å². The topological polar surface area (TPSA) is 75.6 Å². The zero-order valence-electron chi connectivity index (χ0n) is 14.2. The molecule has 0 fully saturated rings. The molecule has 27 heavy (non-hydrogen) atoms. The minimum atomic E-state index is -0.649. The first-order valence-corrected chi connectivity index (χ1v) is 8.51. The van der Waals surface area contributed by atoms with Crippen molar-refractivity contribution >= 4 is 23.3 Å². The van der Waals surface area contributed by atoms with E-state index >= 15 is 0 Å². The van der Waals surface area contributed by atoms with Crippen LogP contribution in [0.5, 0.6) is 5.75 Å². The Bertz CT molecular complexity index is 953. The summed E-state index contributed by atoms with van der Waals surface area (Å²) in [6.07, 6.45) is 0. The Balaban J connectivity index is 1.64. The highest BCUT2D eigenvalue weighted by Gasteiger charge is 2.09. The van der Waals surface area contributed by atoms with Crippen LogP contribution in [0.2, 0.25) is 5.02 Å². The lowest BCUT2D eigenvalue weighted by atomic mass is 10.0. The van der Waals surface area contributed by atoms with Crippen molar-refractivity contribution in [1.29, 1.82) is 0 Å². The number of Topliss-reactive ketones (excluding diaryl/α,β-unsaturated/α-hetero) is 1. The van der Waals surface area contributed by atoms with Crippen molar-refractivity contribution in [2.75, 3.05) is 6.61 Å². The standard InChI is InChI=1S/C21H16ClNO4/c22-18-10-8-15(9-11-18)14-4-6-16(7-5-14)20(24)13-27-19-3-1-2-17(12-19)21(25)23-26/h1-12,26H,13H2,(H,23,25). The SMILES string of the molecule is O=C(COc1cccc(C(=O)NO)c1)c1ccc(-c2ccc(Cl)cc2)cc1. The molecule has 0 saturated carbocycles. The summed E-state index contributed by atoms with van der Waals surface area (Å²) in [5, 5.41) is 9.33. The van der Waals surface area contributed by atoms with Crippen LogP contribution >= 0.6 is 11.6 Å². The third-order valence-electron chi connectivity index (χ3n) is 3.95. The van der Waals surface area contributed by atoms with E-state index < -0.39 is 5.91 Å². The van der Waals surface area contributed by atoms with Crippen LogP contribution in [0.3, 0.4) is 0 Å². The predicted molar refractivity (Wildman–Crippen MR) is 102 cm³/mol. The summed E-state index contributed by atoms with van der Waals surface area (Å²) >= 11 is 5.89. The average Bonchev–Trinajstić information content (AvgIpc) is 2.72. The molecule has 0 aliphatic heterocycles. The summed E-state index contributed by atoms with van der Waals surface area (Å²) in [4.78, 5) is 23.7. The Morgan fingerprint density at radius 2 is 1.52 bits per heavy atom. The maximum atomic E-state index is 12.3. The van der Waals surface area contributed by atoms with Crippen molar-refractivity contribution in [3.8, 4) is 16.9 Å². The van der Waals surface area contributed by atoms with Gasteiger partial charge < -0.3 is 4.74 Å². The largest absolute Gasteiger partial charge is 0.485 e. The van der Waals surface area contributed by atoms with Crippen LogP contribution in [-0.2, 0) is 0 Å². The van der Waals surface area contributed by atoms with Crippen LogP contribution in [0, 0.1) is 0 Å². The van der Waals surface area contributed by atoms with Crippen molar-refractivity contribution in [2.24, 2.45) is 0 Å². The van der Waals surface area contributed by atoms with Gasteiger partial charge in [-0.05, 0) is 41.5 Å². The van der Waals surface area contributed by atoms with Gasteiger partial charge in [0.15, 0.2) is 12.4 Å². The normalized spacial score (nSPS) is 10.3. The fraction of sp³-hybridized carbons (Fsp3) is 0.0476. The number of amides is 1. The zero-order valence-corrected chi connectivity index (χ0v) is 14.9. The van der Waals surface area contributed by atoms with E-state index in [-0.39, 0.29) is 18.0 Å². The molecule has 6 heteroatoms. The summed E-state index contributed by atoms with van der Waals surface area (Å²) in [6, 6.07) is 20.9. The molecule has 0 bridgehead atoms. The number of rotatable bonds is 6. The molecule has 5 nitrogen and oxygen atoms in total. The van der Waals surface area contributed by atoms with E-state index in [1.54, 1.807) is 29.7 Å². The van der Waals surface area contributed by atoms with Crippen molar-refractivity contribution in [2.45, 2.75) is 0 Å². The molecule has 0 heterocycles. The lowest BCUT2D eigenvalue weighted by molar-refractivity contribution is 0.0706. The van der Waals surface area contributed by atoms with E-state index in [4.69, 9.17) is 21.5 Å². The fourth-order valence-corrected chi connectivity index (χ4v) is 2.64. The van der Waals surface area contributed by atoms with Crippen LogP contribution in [0.15, 0.2) is 72.8 Å². The van der Waals surface area contributed by atoms with E-state index in [0.717, 1.165) is 11.1 Å². The Morgan fingerprint density at radius 3 is 2.15 bits per heavy atom. The molecule has 0 aliphatic carbocycles. The molecule has 0 radical (unpaired) electrons. The van der Waals surface area contributed by atoms with Crippen molar-refractivity contribution in [3.63, 3.8) is 0 Å². The van der Waals surface area contributed by atoms with Gasteiger partial charge in [0.05, 0.1) is 0 Å². The van der Waals surface area contributed by atoms with Gasteiger partial charge in [0.25, 0.3) is 5.91 Å². The minimum Gasteiger partial charge on any atom is -0.485 e. The highest BCUT2D eigenvalue weighted by atomic mass is 35.5. The van der Waals surface area contributed by atoms with E-state index in [9.17, 15) is 9.59 Å². The zero-order chi connectivity index (χ0) is 19.2. The Kier molecular flexibility index (Phi) is 5.86. The van der Waals surface area contributed by atoms with Crippen LogP contribution < -0.4 is 10.2 Å². The van der Waals surface area contributed by atoms with Gasteiger partial charge in [-0.2, -0.15) is 0 Å². The van der Waals surface area contributed by atoms with Gasteiger partial charge in [0, 0.05) is 16.1 Å². The molecule has 0 atom stereocenters. The van der Waals surface area contributed by atoms with Gasteiger partial charge in [0.2, 0.25) is 0 Å². The predicted octanol–water partition coefficient (Wildman–Crippen LogP) is 4.39. The molecule has 2 N–H and O–H groups in total. The second kappa shape index (κ2) is 8.49. The number of halogens is 1. The van der Waals surface area contributed by atoms with Crippen LogP contribution in [0.1, 0.15) is 20.7 Å². The van der Waals surface area contributed by atoms with Gasteiger partial charge in [-0.3, -0.25) is 14.8 Å². The minimum absolute atomic E-state index is 0.162. The van der Waals surface area contributed by atoms with Crippen LogP contribution in [0.25, 0.3) is 11.1 Å². The van der Waals surface area contributed by atoms with Gasteiger partial charge >= 0.3 is 0 Å². The number of ether oxygens (including phenoxy) is 1. The highest BCUT2D eigenvalue weighted by Crippen LogP contribution is 2.22. The molecule has 0 saturated heterocycles. The summed E-state index contributed by atoms with van der Waals surface area (Å²) in [7, 11) is 0. The third kappa shape index (κ3) is 4.73. The second-order valence-corrected chi connectivity index (χ2v) is 6.20. The van der Waals surface area contributed by atoms with Gasteiger partial charge in [-0.25, -0.2) is 5.48 Å². The summed E-state index contributed by atoms with van der Waals surface area (Å²) in [5.41, 5.74) is 4.30. The van der Waals surface area contributed by atoms with Gasteiger partial charge in [-0.1, -0.05) is 54.1 Å². The van der Waals surface area contributed by atoms with Crippen LogP contribution in [0.4, 0.5) is 0 Å². The second-order valence-electron chi connectivity index (χ2n) is 5.76. The summed E-state index contributed by atoms with van der Waals surface area (Å²) in [5.74, 6) is -0.471. The molecule has 3 aromatic carbocycles. The molecule has 136 valence electrons. The number of carbonyl (C=O) groups excluding carboxylic acids is 2. The summed E-state index contributed by atoms with van der Waals surface area (Å²) < 4.78 is 5.46. The number of benzene rings is 3. The Hall–Kier alpha value is -3.15. The molecule has 1 amide bonds. The monoisotopic (exact) mass is 381 g/mol. The Labute approximate surface area is 161 Å². The van der Waals surface area contributed by atoms with E-state index in [2.05, 4.69) is 0 Å². The summed E-state index contributed by atoms with van der Waals surface area (Å²) in [6.45, 7) is -0.162. The first-order chi connectivity index (χ1) is 13.1. The molecule has 0 aromatic heterocycles. The van der Waals surface area contributed by atoms with Crippen LogP contribution in [-0.4, -0.2) is 23.5 Å². The highest BCUT2D eigenvalue weighted by molar-refractivity contribution is 6.30. The smallest absolute Gasteiger partial charge is 0.274 e. The van der Waals surface area contributed by atoms with Gasteiger partial charge in [0.1, 0.15) is 5.75 Å². The molecule has 0 aliphatic rings. The quantitative estimate of drug-likeness (QED) is 0.377. The Morgan fingerprint density at radius 1 is 0.889 bits per heavy atom. The number of nitrogens with one attached hydrogen (secondary N) is 1. The first kappa shape index (κ1) is 18.6. The number of ketones is 1. The molecular formula is C21H16ClNO4. The molecule has 3 aromatic rings. The number of hydroxylamine groups is 1. The lowest BCUT2D eigenvalue weighted by Gasteiger charge is -2.08. The molecule has 0 unspecified atom stereocenters. The molecule has 3 rings (SSSR count). The van der Waals surface area contributed by atoms with Crippen molar-refractivity contribution < 1.29 is 19.5 Å². The molecule has 0 spiro atoms. The number of hydrogen-bond acceptors (Lipinski definition) is 4. The third-order valence-corrected chi connectivity index (χ3v) is 4.20. The fourth-order valence-electron chi connectivity index (χ4n) is 2.51. The molecular weight excluding hydrogens is 366 g/mol. The van der Waals surface area contributed by atoms with Crippen molar-refractivity contribution in [1.82, 2.24) is 5.48 Å². The van der Waals surface area contributed by atoms with E-state index in [0.29, 0.717) is 16.3 Å².